The van der Waals surface area contributed by atoms with E-state index >= 15 is 0 Å². The van der Waals surface area contributed by atoms with Crippen LogP contribution in [0.3, 0.4) is 0 Å². The zero-order valence-electron chi connectivity index (χ0n) is 13.0. The molecule has 0 amide bonds. The lowest BCUT2D eigenvalue weighted by Crippen LogP contribution is -2.23. The summed E-state index contributed by atoms with van der Waals surface area (Å²) in [4.78, 5) is 13.8. The molecule has 1 heterocycles. The molecule has 24 heavy (non-hydrogen) atoms. The van der Waals surface area contributed by atoms with Gasteiger partial charge in [-0.1, -0.05) is 48.0 Å². The SMILES string of the molecule is COc1ccccc1[C@H](NCc1n[nH]c(=O)[nH]1)c1ccccc1Cl. The third kappa shape index (κ3) is 3.50. The van der Waals surface area contributed by atoms with Gasteiger partial charge in [0, 0.05) is 10.6 Å². The van der Waals surface area contributed by atoms with Gasteiger partial charge in [0.2, 0.25) is 0 Å². The summed E-state index contributed by atoms with van der Waals surface area (Å²) in [6, 6.07) is 15.1. The van der Waals surface area contributed by atoms with E-state index in [1.54, 1.807) is 7.11 Å². The number of benzene rings is 2. The van der Waals surface area contributed by atoms with Crippen molar-refractivity contribution in [3.8, 4) is 5.75 Å². The average molecular weight is 345 g/mol. The Hall–Kier alpha value is -2.57. The number of hydrogen-bond donors (Lipinski definition) is 3. The molecule has 0 unspecified atom stereocenters. The van der Waals surface area contributed by atoms with E-state index in [9.17, 15) is 4.79 Å². The molecule has 1 atom stereocenters. The minimum Gasteiger partial charge on any atom is -0.496 e. The number of H-pyrrole nitrogens is 2. The standard InChI is InChI=1S/C17H17ClN4O2/c1-24-14-9-5-3-7-12(14)16(11-6-2-4-8-13(11)18)19-10-15-20-17(23)22-21-15/h2-9,16,19H,10H2,1H3,(H2,20,21,22,23)/t16-/m1/s1. The normalized spacial score (nSPS) is 12.1. The number of rotatable bonds is 6. The van der Waals surface area contributed by atoms with Gasteiger partial charge in [-0.05, 0) is 17.7 Å². The summed E-state index contributed by atoms with van der Waals surface area (Å²) in [5.74, 6) is 1.28. The van der Waals surface area contributed by atoms with Crippen LogP contribution in [0.15, 0.2) is 53.3 Å². The van der Waals surface area contributed by atoms with Gasteiger partial charge in [0.25, 0.3) is 0 Å². The van der Waals surface area contributed by atoms with Crippen molar-refractivity contribution in [3.05, 3.63) is 81.0 Å². The third-order valence-electron chi connectivity index (χ3n) is 3.69. The van der Waals surface area contributed by atoms with Crippen molar-refractivity contribution in [2.75, 3.05) is 7.11 Å². The maximum Gasteiger partial charge on any atom is 0.340 e. The fourth-order valence-electron chi connectivity index (χ4n) is 2.59. The number of methoxy groups -OCH3 is 1. The van der Waals surface area contributed by atoms with Gasteiger partial charge in [-0.25, -0.2) is 9.89 Å². The van der Waals surface area contributed by atoms with Crippen molar-refractivity contribution in [2.24, 2.45) is 0 Å². The second-order valence-corrected chi connectivity index (χ2v) is 5.61. The fraction of sp³-hybridized carbons (Fsp3) is 0.176. The lowest BCUT2D eigenvalue weighted by atomic mass is 9.97. The second kappa shape index (κ2) is 7.33. The summed E-state index contributed by atoms with van der Waals surface area (Å²) < 4.78 is 5.48. The third-order valence-corrected chi connectivity index (χ3v) is 4.03. The monoisotopic (exact) mass is 344 g/mol. The lowest BCUT2D eigenvalue weighted by Gasteiger charge is -2.22. The summed E-state index contributed by atoms with van der Waals surface area (Å²) in [6.07, 6.45) is 0. The highest BCUT2D eigenvalue weighted by atomic mass is 35.5. The van der Waals surface area contributed by atoms with Crippen LogP contribution in [-0.2, 0) is 6.54 Å². The number of nitrogens with one attached hydrogen (secondary N) is 3. The van der Waals surface area contributed by atoms with E-state index in [-0.39, 0.29) is 11.7 Å². The van der Waals surface area contributed by atoms with Crippen LogP contribution in [0.4, 0.5) is 0 Å². The van der Waals surface area contributed by atoms with Crippen LogP contribution in [0.1, 0.15) is 23.0 Å². The summed E-state index contributed by atoms with van der Waals surface area (Å²) in [7, 11) is 1.63. The molecule has 3 rings (SSSR count). The number of nitrogens with zero attached hydrogens (tertiary/aromatic N) is 1. The molecule has 0 aliphatic heterocycles. The second-order valence-electron chi connectivity index (χ2n) is 5.20. The van der Waals surface area contributed by atoms with E-state index in [1.165, 1.54) is 0 Å². The van der Waals surface area contributed by atoms with Gasteiger partial charge in [0.1, 0.15) is 11.6 Å². The van der Waals surface area contributed by atoms with Crippen LogP contribution in [0.2, 0.25) is 5.02 Å². The number of ether oxygens (including phenoxy) is 1. The molecule has 2 aromatic carbocycles. The van der Waals surface area contributed by atoms with Crippen LogP contribution in [0, 0.1) is 0 Å². The lowest BCUT2D eigenvalue weighted by molar-refractivity contribution is 0.403. The first kappa shape index (κ1) is 16.3. The Morgan fingerprint density at radius 1 is 1.17 bits per heavy atom. The summed E-state index contributed by atoms with van der Waals surface area (Å²) >= 11 is 6.39. The van der Waals surface area contributed by atoms with Gasteiger partial charge in [-0.2, -0.15) is 5.10 Å². The van der Waals surface area contributed by atoms with Crippen LogP contribution < -0.4 is 15.7 Å². The van der Waals surface area contributed by atoms with E-state index in [2.05, 4.69) is 20.5 Å². The Morgan fingerprint density at radius 3 is 2.54 bits per heavy atom. The van der Waals surface area contributed by atoms with E-state index in [4.69, 9.17) is 16.3 Å². The van der Waals surface area contributed by atoms with Gasteiger partial charge in [0.15, 0.2) is 0 Å². The van der Waals surface area contributed by atoms with Gasteiger partial charge < -0.3 is 4.74 Å². The van der Waals surface area contributed by atoms with Gasteiger partial charge in [-0.15, -0.1) is 0 Å². The Labute approximate surface area is 143 Å². The topological polar surface area (TPSA) is 82.8 Å². The highest BCUT2D eigenvalue weighted by Crippen LogP contribution is 2.33. The predicted molar refractivity (Wildman–Crippen MR) is 92.3 cm³/mol. The molecule has 124 valence electrons. The first-order valence-corrected chi connectivity index (χ1v) is 7.81. The van der Waals surface area contributed by atoms with Gasteiger partial charge in [-0.3, -0.25) is 10.3 Å². The van der Waals surface area contributed by atoms with E-state index in [0.29, 0.717) is 17.4 Å². The molecule has 0 fully saturated rings. The molecule has 0 saturated carbocycles. The molecule has 3 aromatic rings. The fourth-order valence-corrected chi connectivity index (χ4v) is 2.83. The smallest absolute Gasteiger partial charge is 0.340 e. The van der Waals surface area contributed by atoms with Gasteiger partial charge in [0.05, 0.1) is 19.7 Å². The van der Waals surface area contributed by atoms with Crippen molar-refractivity contribution < 1.29 is 4.74 Å². The Kier molecular flexibility index (Phi) is 4.98. The van der Waals surface area contributed by atoms with Crippen molar-refractivity contribution in [1.82, 2.24) is 20.5 Å². The summed E-state index contributed by atoms with van der Waals surface area (Å²) in [5, 5.41) is 10.3. The Morgan fingerprint density at radius 2 is 1.88 bits per heavy atom. The average Bonchev–Trinajstić information content (AvgIpc) is 3.02. The molecule has 0 aliphatic rings. The molecule has 1 aromatic heterocycles. The highest BCUT2D eigenvalue weighted by molar-refractivity contribution is 6.31. The van der Waals surface area contributed by atoms with Crippen LogP contribution in [-0.4, -0.2) is 22.3 Å². The first-order valence-electron chi connectivity index (χ1n) is 7.43. The molecule has 0 saturated heterocycles. The molecule has 0 aliphatic carbocycles. The van der Waals surface area contributed by atoms with E-state index in [0.717, 1.165) is 16.9 Å². The molecule has 0 bridgehead atoms. The molecule has 7 heteroatoms. The number of halogens is 1. The molecule has 0 radical (unpaired) electrons. The van der Waals surface area contributed by atoms with Crippen LogP contribution in [0.5, 0.6) is 5.75 Å². The summed E-state index contributed by atoms with van der Waals surface area (Å²) in [6.45, 7) is 0.368. The van der Waals surface area contributed by atoms with Crippen molar-refractivity contribution in [3.63, 3.8) is 0 Å². The molecule has 0 spiro atoms. The van der Waals surface area contributed by atoms with Crippen molar-refractivity contribution in [1.29, 1.82) is 0 Å². The Balaban J connectivity index is 1.97. The van der Waals surface area contributed by atoms with E-state index < -0.39 is 0 Å². The van der Waals surface area contributed by atoms with Gasteiger partial charge >= 0.3 is 5.69 Å². The van der Waals surface area contributed by atoms with E-state index in [1.807, 2.05) is 48.5 Å². The zero-order valence-corrected chi connectivity index (χ0v) is 13.8. The maximum absolute atomic E-state index is 11.2. The molecular formula is C17H17ClN4O2. The van der Waals surface area contributed by atoms with Crippen LogP contribution in [0.25, 0.3) is 0 Å². The zero-order chi connectivity index (χ0) is 16.9. The molecule has 6 nitrogen and oxygen atoms in total. The number of para-hydroxylation sites is 1. The first-order chi connectivity index (χ1) is 11.7. The van der Waals surface area contributed by atoms with Crippen molar-refractivity contribution in [2.45, 2.75) is 12.6 Å². The van der Waals surface area contributed by atoms with Crippen molar-refractivity contribution >= 4 is 11.6 Å². The molecule has 3 N–H and O–H groups in total. The number of hydrogen-bond acceptors (Lipinski definition) is 4. The quantitative estimate of drug-likeness (QED) is 0.642. The predicted octanol–water partition coefficient (Wildman–Crippen LogP) is 2.64. The Bertz CT molecular complexity index is 875. The van der Waals surface area contributed by atoms with Crippen LogP contribution >= 0.6 is 11.6 Å². The number of aromatic amines is 2. The largest absolute Gasteiger partial charge is 0.496 e. The maximum atomic E-state index is 11.2. The minimum absolute atomic E-state index is 0.213. The summed E-state index contributed by atoms with van der Waals surface area (Å²) in [5.41, 5.74) is 1.53. The minimum atomic E-state index is -0.335. The highest BCUT2D eigenvalue weighted by Gasteiger charge is 2.20. The number of aromatic nitrogens is 3. The molecular weight excluding hydrogens is 328 g/mol.